The summed E-state index contributed by atoms with van der Waals surface area (Å²) in [4.78, 5) is 15.7. The molecule has 0 radical (unpaired) electrons. The third-order valence-electron chi connectivity index (χ3n) is 2.90. The molecule has 6 heteroatoms. The van der Waals surface area contributed by atoms with Gasteiger partial charge in [-0.05, 0) is 43.3 Å². The minimum Gasteiger partial charge on any atom is -0.436 e. The van der Waals surface area contributed by atoms with Gasteiger partial charge in [0.15, 0.2) is 11.4 Å². The van der Waals surface area contributed by atoms with E-state index in [1.807, 2.05) is 0 Å². The minimum absolute atomic E-state index is 0.0179. The highest BCUT2D eigenvalue weighted by Crippen LogP contribution is 2.29. The molecule has 0 fully saturated rings. The standard InChI is InChI=1S/C15H9Cl2NO2.CH3Cl/c1-8(19)9-2-3-13-14(6-9)20-15(18-13)10-4-11(16)7-12(17)5-10;1-2/h2-7H,1H3;1H3. The summed E-state index contributed by atoms with van der Waals surface area (Å²) in [6.45, 7) is 1.51. The van der Waals surface area contributed by atoms with Crippen LogP contribution in [0.5, 0.6) is 0 Å². The third-order valence-corrected chi connectivity index (χ3v) is 3.34. The van der Waals surface area contributed by atoms with E-state index < -0.39 is 0 Å². The van der Waals surface area contributed by atoms with Crippen LogP contribution in [0.3, 0.4) is 0 Å². The van der Waals surface area contributed by atoms with Crippen LogP contribution >= 0.6 is 34.8 Å². The Hall–Kier alpha value is -1.55. The summed E-state index contributed by atoms with van der Waals surface area (Å²) in [7, 11) is 0. The first-order valence-corrected chi connectivity index (χ1v) is 7.80. The lowest BCUT2D eigenvalue weighted by molar-refractivity contribution is 0.101. The van der Waals surface area contributed by atoms with E-state index in [9.17, 15) is 4.79 Å². The zero-order valence-corrected chi connectivity index (χ0v) is 14.1. The normalized spacial score (nSPS) is 10.2. The van der Waals surface area contributed by atoms with Crippen molar-refractivity contribution in [2.24, 2.45) is 0 Å². The summed E-state index contributed by atoms with van der Waals surface area (Å²) in [6, 6.07) is 10.3. The molecule has 22 heavy (non-hydrogen) atoms. The molecule has 0 bridgehead atoms. The molecular weight excluding hydrogens is 345 g/mol. The molecule has 0 aliphatic carbocycles. The molecule has 114 valence electrons. The number of hydrogen-bond donors (Lipinski definition) is 0. The van der Waals surface area contributed by atoms with Crippen molar-refractivity contribution < 1.29 is 9.21 Å². The Kier molecular flexibility index (Phi) is 5.46. The van der Waals surface area contributed by atoms with Crippen LogP contribution in [0.15, 0.2) is 40.8 Å². The fraction of sp³-hybridized carbons (Fsp3) is 0.125. The lowest BCUT2D eigenvalue weighted by Crippen LogP contribution is -1.89. The number of halogens is 3. The first kappa shape index (κ1) is 16.8. The number of benzene rings is 2. The van der Waals surface area contributed by atoms with Crippen molar-refractivity contribution in [3.8, 4) is 11.5 Å². The Labute approximate surface area is 142 Å². The van der Waals surface area contributed by atoms with Gasteiger partial charge in [0, 0.05) is 27.6 Å². The summed E-state index contributed by atoms with van der Waals surface area (Å²) in [5.41, 5.74) is 2.53. The van der Waals surface area contributed by atoms with Gasteiger partial charge in [-0.25, -0.2) is 4.98 Å². The SMILES string of the molecule is CC(=O)c1ccc2nc(-c3cc(Cl)cc(Cl)c3)oc2c1.CCl. The second-order valence-corrected chi connectivity index (χ2v) is 5.29. The van der Waals surface area contributed by atoms with E-state index >= 15 is 0 Å². The molecule has 1 heterocycles. The fourth-order valence-corrected chi connectivity index (χ4v) is 2.47. The Morgan fingerprint density at radius 1 is 1.05 bits per heavy atom. The van der Waals surface area contributed by atoms with Crippen LogP contribution in [0.25, 0.3) is 22.6 Å². The van der Waals surface area contributed by atoms with E-state index in [0.717, 1.165) is 0 Å². The monoisotopic (exact) mass is 355 g/mol. The number of nitrogens with zero attached hydrogens (tertiary/aromatic N) is 1. The van der Waals surface area contributed by atoms with Crippen LogP contribution in [-0.4, -0.2) is 17.2 Å². The van der Waals surface area contributed by atoms with E-state index in [-0.39, 0.29) is 5.78 Å². The molecular formula is C16H12Cl3NO2. The van der Waals surface area contributed by atoms with Gasteiger partial charge in [0.05, 0.1) is 0 Å². The Morgan fingerprint density at radius 3 is 2.27 bits per heavy atom. The lowest BCUT2D eigenvalue weighted by Gasteiger charge is -1.97. The van der Waals surface area contributed by atoms with Crippen molar-refractivity contribution in [3.63, 3.8) is 0 Å². The van der Waals surface area contributed by atoms with Gasteiger partial charge in [-0.1, -0.05) is 23.2 Å². The highest BCUT2D eigenvalue weighted by molar-refractivity contribution is 6.35. The van der Waals surface area contributed by atoms with Crippen molar-refractivity contribution in [3.05, 3.63) is 52.0 Å². The molecule has 0 amide bonds. The first-order valence-electron chi connectivity index (χ1n) is 6.29. The summed E-state index contributed by atoms with van der Waals surface area (Å²) in [5, 5.41) is 1.03. The van der Waals surface area contributed by atoms with E-state index in [0.29, 0.717) is 38.2 Å². The van der Waals surface area contributed by atoms with Gasteiger partial charge in [-0.3, -0.25) is 4.79 Å². The molecule has 0 saturated heterocycles. The average molecular weight is 357 g/mol. The maximum absolute atomic E-state index is 11.4. The molecule has 0 atom stereocenters. The van der Waals surface area contributed by atoms with Crippen LogP contribution in [0.1, 0.15) is 17.3 Å². The molecule has 0 N–H and O–H groups in total. The second kappa shape index (κ2) is 7.14. The first-order chi connectivity index (χ1) is 10.5. The molecule has 0 saturated carbocycles. The Morgan fingerprint density at radius 2 is 1.68 bits per heavy atom. The third kappa shape index (κ3) is 3.61. The van der Waals surface area contributed by atoms with Gasteiger partial charge >= 0.3 is 0 Å². The van der Waals surface area contributed by atoms with Gasteiger partial charge in [0.25, 0.3) is 0 Å². The van der Waals surface area contributed by atoms with Gasteiger partial charge in [0.1, 0.15) is 5.52 Å². The fourth-order valence-electron chi connectivity index (χ4n) is 1.94. The van der Waals surface area contributed by atoms with Crippen molar-refractivity contribution in [1.82, 2.24) is 4.98 Å². The van der Waals surface area contributed by atoms with E-state index in [2.05, 4.69) is 16.6 Å². The molecule has 1 aromatic heterocycles. The smallest absolute Gasteiger partial charge is 0.227 e. The molecule has 2 aromatic carbocycles. The lowest BCUT2D eigenvalue weighted by atomic mass is 10.1. The van der Waals surface area contributed by atoms with Crippen molar-refractivity contribution >= 4 is 51.7 Å². The number of fused-ring (bicyclic) bond motifs is 1. The average Bonchev–Trinajstić information content (AvgIpc) is 2.91. The number of ketones is 1. The molecule has 0 aliphatic rings. The van der Waals surface area contributed by atoms with Gasteiger partial charge in [-0.15, -0.1) is 11.6 Å². The zero-order valence-electron chi connectivity index (χ0n) is 11.9. The Bertz CT molecular complexity index is 807. The molecule has 0 spiro atoms. The molecule has 3 rings (SSSR count). The number of hydrogen-bond acceptors (Lipinski definition) is 3. The topological polar surface area (TPSA) is 43.1 Å². The predicted molar refractivity (Wildman–Crippen MR) is 91.2 cm³/mol. The minimum atomic E-state index is -0.0179. The summed E-state index contributed by atoms with van der Waals surface area (Å²) < 4.78 is 5.67. The predicted octanol–water partition coefficient (Wildman–Crippen LogP) is 5.86. The highest BCUT2D eigenvalue weighted by atomic mass is 35.5. The van der Waals surface area contributed by atoms with E-state index in [4.69, 9.17) is 27.6 Å². The quantitative estimate of drug-likeness (QED) is 0.426. The number of alkyl halides is 1. The van der Waals surface area contributed by atoms with Crippen LogP contribution in [0, 0.1) is 0 Å². The van der Waals surface area contributed by atoms with E-state index in [1.165, 1.54) is 13.3 Å². The molecule has 3 aromatic rings. The van der Waals surface area contributed by atoms with Crippen LogP contribution in [0.2, 0.25) is 10.0 Å². The number of rotatable bonds is 2. The van der Waals surface area contributed by atoms with Gasteiger partial charge in [0.2, 0.25) is 5.89 Å². The molecule has 0 unspecified atom stereocenters. The zero-order chi connectivity index (χ0) is 16.3. The number of Topliss-reactive ketones (excluding diaryl/α,β-unsaturated/α-hetero) is 1. The number of aromatic nitrogens is 1. The second-order valence-electron chi connectivity index (χ2n) is 4.42. The summed E-state index contributed by atoms with van der Waals surface area (Å²) in [6.07, 6.45) is 1.47. The van der Waals surface area contributed by atoms with Crippen LogP contribution in [-0.2, 0) is 0 Å². The maximum atomic E-state index is 11.4. The summed E-state index contributed by atoms with van der Waals surface area (Å²) in [5.74, 6) is 0.403. The van der Waals surface area contributed by atoms with Crippen LogP contribution < -0.4 is 0 Å². The summed E-state index contributed by atoms with van der Waals surface area (Å²) >= 11 is 16.6. The van der Waals surface area contributed by atoms with Crippen molar-refractivity contribution in [2.45, 2.75) is 6.92 Å². The van der Waals surface area contributed by atoms with Crippen molar-refractivity contribution in [2.75, 3.05) is 6.38 Å². The Balaban J connectivity index is 0.000000847. The number of carbonyl (C=O) groups excluding carboxylic acids is 1. The van der Waals surface area contributed by atoms with Crippen molar-refractivity contribution in [1.29, 1.82) is 0 Å². The largest absolute Gasteiger partial charge is 0.436 e. The highest BCUT2D eigenvalue weighted by Gasteiger charge is 2.11. The van der Waals surface area contributed by atoms with E-state index in [1.54, 1.807) is 36.4 Å². The number of oxazole rings is 1. The maximum Gasteiger partial charge on any atom is 0.227 e. The molecule has 0 aliphatic heterocycles. The van der Waals surface area contributed by atoms with Crippen LogP contribution in [0.4, 0.5) is 0 Å². The van der Waals surface area contributed by atoms with Gasteiger partial charge < -0.3 is 4.42 Å². The van der Waals surface area contributed by atoms with Gasteiger partial charge in [-0.2, -0.15) is 0 Å². The number of carbonyl (C=O) groups is 1. The molecule has 3 nitrogen and oxygen atoms in total.